The van der Waals surface area contributed by atoms with Gasteiger partial charge in [0.15, 0.2) is 0 Å². The summed E-state index contributed by atoms with van der Waals surface area (Å²) in [4.78, 5) is 4.42. The van der Waals surface area contributed by atoms with Gasteiger partial charge in [-0.2, -0.15) is 5.10 Å². The molecule has 0 amide bonds. The molecule has 6 heteroatoms. The Morgan fingerprint density at radius 3 is 2.85 bits per heavy atom. The number of nitrogens with two attached hydrogens (primary N) is 1. The molecule has 0 saturated carbocycles. The first kappa shape index (κ1) is 14.5. The van der Waals surface area contributed by atoms with Crippen molar-refractivity contribution < 1.29 is 0 Å². The van der Waals surface area contributed by atoms with Crippen LogP contribution in [0.3, 0.4) is 0 Å². The molecule has 5 nitrogen and oxygen atoms in total. The van der Waals surface area contributed by atoms with Crippen molar-refractivity contribution in [3.63, 3.8) is 0 Å². The zero-order valence-electron chi connectivity index (χ0n) is 11.8. The third-order valence-corrected chi connectivity index (χ3v) is 3.20. The molecular weight excluding hydrogens is 270 g/mol. The minimum atomic E-state index is 0.316. The number of pyridine rings is 1. The summed E-state index contributed by atoms with van der Waals surface area (Å²) in [5, 5.41) is 7.78. The molecule has 2 heterocycles. The van der Waals surface area contributed by atoms with Crippen LogP contribution in [0.25, 0.3) is 0 Å². The number of anilines is 1. The minimum absolute atomic E-state index is 0.316. The van der Waals surface area contributed by atoms with E-state index in [2.05, 4.69) is 28.4 Å². The molecule has 0 spiro atoms. The summed E-state index contributed by atoms with van der Waals surface area (Å²) in [6.45, 7) is 5.85. The number of aromatic nitrogens is 3. The zero-order valence-corrected chi connectivity index (χ0v) is 12.6. The van der Waals surface area contributed by atoms with Crippen molar-refractivity contribution in [1.29, 1.82) is 0 Å². The van der Waals surface area contributed by atoms with Crippen LogP contribution in [0.5, 0.6) is 0 Å². The van der Waals surface area contributed by atoms with Gasteiger partial charge in [0, 0.05) is 30.7 Å². The van der Waals surface area contributed by atoms with E-state index in [0.29, 0.717) is 10.7 Å². The summed E-state index contributed by atoms with van der Waals surface area (Å²) in [5.74, 6) is 0. The van der Waals surface area contributed by atoms with Crippen LogP contribution in [0.15, 0.2) is 24.4 Å². The van der Waals surface area contributed by atoms with Gasteiger partial charge in [0.25, 0.3) is 0 Å². The van der Waals surface area contributed by atoms with Crippen LogP contribution in [0.4, 0.5) is 5.69 Å². The lowest BCUT2D eigenvalue weighted by molar-refractivity contribution is 0.574. The molecule has 0 radical (unpaired) electrons. The number of thiocarbonyl (C=S) groups is 1. The molecule has 0 saturated heterocycles. The van der Waals surface area contributed by atoms with Crippen molar-refractivity contribution in [3.8, 4) is 0 Å². The Balaban J connectivity index is 1.83. The highest BCUT2D eigenvalue weighted by molar-refractivity contribution is 7.80. The smallest absolute Gasteiger partial charge is 0.122 e. The van der Waals surface area contributed by atoms with E-state index < -0.39 is 0 Å². The van der Waals surface area contributed by atoms with E-state index in [-0.39, 0.29) is 0 Å². The molecule has 2 aromatic rings. The number of aryl methyl sites for hydroxylation is 3. The second kappa shape index (κ2) is 6.47. The molecular formula is C14H19N5S. The van der Waals surface area contributed by atoms with E-state index in [1.54, 1.807) is 6.20 Å². The van der Waals surface area contributed by atoms with Crippen molar-refractivity contribution in [2.45, 2.75) is 26.8 Å². The maximum absolute atomic E-state index is 5.56. The normalized spacial score (nSPS) is 10.5. The largest absolute Gasteiger partial charge is 0.388 e. The third-order valence-electron chi connectivity index (χ3n) is 2.99. The fourth-order valence-corrected chi connectivity index (χ4v) is 2.15. The van der Waals surface area contributed by atoms with E-state index in [1.807, 2.05) is 23.7 Å². The molecule has 0 fully saturated rings. The first-order valence-corrected chi connectivity index (χ1v) is 6.98. The van der Waals surface area contributed by atoms with Crippen molar-refractivity contribution in [2.24, 2.45) is 5.73 Å². The Hall–Kier alpha value is -1.95. The van der Waals surface area contributed by atoms with Gasteiger partial charge in [0.2, 0.25) is 0 Å². The number of rotatable bonds is 6. The lowest BCUT2D eigenvalue weighted by Gasteiger charge is -2.08. The second-order valence-electron chi connectivity index (χ2n) is 4.72. The summed E-state index contributed by atoms with van der Waals surface area (Å²) in [7, 11) is 0. The van der Waals surface area contributed by atoms with Crippen LogP contribution in [0.2, 0.25) is 0 Å². The Kier molecular flexibility index (Phi) is 4.68. The van der Waals surface area contributed by atoms with Gasteiger partial charge in [-0.1, -0.05) is 12.2 Å². The summed E-state index contributed by atoms with van der Waals surface area (Å²) < 4.78 is 2.03. The summed E-state index contributed by atoms with van der Waals surface area (Å²) in [6.07, 6.45) is 2.70. The van der Waals surface area contributed by atoms with E-state index in [0.717, 1.165) is 30.9 Å². The van der Waals surface area contributed by atoms with Crippen LogP contribution in [-0.4, -0.2) is 26.3 Å². The molecule has 2 aromatic heterocycles. The topological polar surface area (TPSA) is 68.8 Å². The molecule has 3 N–H and O–H groups in total. The van der Waals surface area contributed by atoms with Gasteiger partial charge in [-0.15, -0.1) is 0 Å². The van der Waals surface area contributed by atoms with E-state index in [4.69, 9.17) is 18.0 Å². The Morgan fingerprint density at radius 1 is 1.40 bits per heavy atom. The maximum Gasteiger partial charge on any atom is 0.122 e. The number of hydrogen-bond acceptors (Lipinski definition) is 4. The van der Waals surface area contributed by atoms with Crippen molar-refractivity contribution >= 4 is 22.9 Å². The standard InChI is InChI=1S/C14H19N5S/c1-10-8-11(2)19(18-10)7-3-5-16-12-4-6-17-13(9-12)14(15)20/h4,6,8-9H,3,5,7H2,1-2H3,(H2,15,20)(H,16,17). The molecule has 0 aromatic carbocycles. The first-order valence-electron chi connectivity index (χ1n) is 6.57. The van der Waals surface area contributed by atoms with Crippen LogP contribution in [-0.2, 0) is 6.54 Å². The highest BCUT2D eigenvalue weighted by Crippen LogP contribution is 2.08. The molecule has 2 rings (SSSR count). The van der Waals surface area contributed by atoms with Gasteiger partial charge in [-0.25, -0.2) is 0 Å². The number of hydrogen-bond donors (Lipinski definition) is 2. The fraction of sp³-hybridized carbons (Fsp3) is 0.357. The highest BCUT2D eigenvalue weighted by atomic mass is 32.1. The molecule has 0 atom stereocenters. The molecule has 0 aliphatic carbocycles. The summed E-state index contributed by atoms with van der Waals surface area (Å²) in [6, 6.07) is 5.86. The van der Waals surface area contributed by atoms with E-state index in [9.17, 15) is 0 Å². The third kappa shape index (κ3) is 3.77. The Bertz CT molecular complexity index is 605. The average Bonchev–Trinajstić information content (AvgIpc) is 2.73. The van der Waals surface area contributed by atoms with Crippen LogP contribution < -0.4 is 11.1 Å². The molecule has 0 aliphatic heterocycles. The predicted octanol–water partition coefficient (Wildman–Crippen LogP) is 2.03. The highest BCUT2D eigenvalue weighted by Gasteiger charge is 2.01. The fourth-order valence-electron chi connectivity index (χ4n) is 2.04. The van der Waals surface area contributed by atoms with Gasteiger partial charge in [-0.3, -0.25) is 9.67 Å². The van der Waals surface area contributed by atoms with Gasteiger partial charge in [0.1, 0.15) is 4.99 Å². The summed E-state index contributed by atoms with van der Waals surface area (Å²) >= 11 is 4.91. The van der Waals surface area contributed by atoms with E-state index in [1.165, 1.54) is 5.69 Å². The van der Waals surface area contributed by atoms with Crippen LogP contribution in [0.1, 0.15) is 23.5 Å². The van der Waals surface area contributed by atoms with Crippen molar-refractivity contribution in [2.75, 3.05) is 11.9 Å². The zero-order chi connectivity index (χ0) is 14.5. The molecule has 20 heavy (non-hydrogen) atoms. The number of nitrogens with one attached hydrogen (secondary N) is 1. The van der Waals surface area contributed by atoms with Crippen molar-refractivity contribution in [1.82, 2.24) is 14.8 Å². The van der Waals surface area contributed by atoms with E-state index >= 15 is 0 Å². The lowest BCUT2D eigenvalue weighted by Crippen LogP contribution is -2.13. The Morgan fingerprint density at radius 2 is 2.20 bits per heavy atom. The van der Waals surface area contributed by atoms with Crippen LogP contribution >= 0.6 is 12.2 Å². The average molecular weight is 289 g/mol. The van der Waals surface area contributed by atoms with Gasteiger partial charge in [0.05, 0.1) is 11.4 Å². The molecule has 0 bridgehead atoms. The molecule has 0 aliphatic rings. The first-order chi connectivity index (χ1) is 9.56. The van der Waals surface area contributed by atoms with Gasteiger partial charge >= 0.3 is 0 Å². The molecule has 0 unspecified atom stereocenters. The summed E-state index contributed by atoms with van der Waals surface area (Å²) in [5.41, 5.74) is 9.44. The second-order valence-corrected chi connectivity index (χ2v) is 5.16. The maximum atomic E-state index is 5.56. The van der Waals surface area contributed by atoms with Crippen LogP contribution in [0, 0.1) is 13.8 Å². The lowest BCUT2D eigenvalue weighted by atomic mass is 10.3. The predicted molar refractivity (Wildman–Crippen MR) is 84.9 cm³/mol. The Labute approximate surface area is 124 Å². The monoisotopic (exact) mass is 289 g/mol. The SMILES string of the molecule is Cc1cc(C)n(CCCNc2ccnc(C(N)=S)c2)n1. The quantitative estimate of drug-likeness (QED) is 0.629. The van der Waals surface area contributed by atoms with Crippen molar-refractivity contribution in [3.05, 3.63) is 41.5 Å². The van der Waals surface area contributed by atoms with Gasteiger partial charge < -0.3 is 11.1 Å². The molecule has 106 valence electrons. The van der Waals surface area contributed by atoms with Gasteiger partial charge in [-0.05, 0) is 38.5 Å². The minimum Gasteiger partial charge on any atom is -0.388 e. The number of nitrogens with zero attached hydrogens (tertiary/aromatic N) is 3.